The topological polar surface area (TPSA) is 80.5 Å². The van der Waals surface area contributed by atoms with Gasteiger partial charge in [-0.1, -0.05) is 12.8 Å². The van der Waals surface area contributed by atoms with Gasteiger partial charge < -0.3 is 10.7 Å². The molecule has 2 atom stereocenters. The van der Waals surface area contributed by atoms with Crippen molar-refractivity contribution in [2.24, 2.45) is 11.7 Å². The first-order valence-corrected chi connectivity index (χ1v) is 6.24. The van der Waals surface area contributed by atoms with Crippen molar-refractivity contribution in [2.75, 3.05) is 6.54 Å². The molecule has 5 nitrogen and oxygen atoms in total. The highest BCUT2D eigenvalue weighted by molar-refractivity contribution is 5.68. The van der Waals surface area contributed by atoms with Gasteiger partial charge in [0.2, 0.25) is 0 Å². The second-order valence-corrected chi connectivity index (χ2v) is 4.77. The molecule has 0 aliphatic heterocycles. The molecule has 2 aromatic rings. The number of imidazole rings is 1. The van der Waals surface area contributed by atoms with Crippen molar-refractivity contribution in [1.29, 1.82) is 0 Å². The highest BCUT2D eigenvalue weighted by atomic mass is 15.0. The highest BCUT2D eigenvalue weighted by Gasteiger charge is 2.27. The van der Waals surface area contributed by atoms with Gasteiger partial charge in [0.1, 0.15) is 17.7 Å². The molecule has 3 N–H and O–H groups in total. The molecule has 17 heavy (non-hydrogen) atoms. The summed E-state index contributed by atoms with van der Waals surface area (Å²) in [5.41, 5.74) is 7.54. The molecule has 0 bridgehead atoms. The second-order valence-electron chi connectivity index (χ2n) is 4.77. The predicted molar refractivity (Wildman–Crippen MR) is 65.4 cm³/mol. The molecule has 2 aromatic heterocycles. The molecule has 3 rings (SSSR count). The zero-order valence-electron chi connectivity index (χ0n) is 9.76. The minimum Gasteiger partial charge on any atom is -0.339 e. The molecule has 0 spiro atoms. The van der Waals surface area contributed by atoms with E-state index in [1.54, 1.807) is 6.20 Å². The lowest BCUT2D eigenvalue weighted by Gasteiger charge is -2.28. The van der Waals surface area contributed by atoms with E-state index in [0.717, 1.165) is 23.5 Å². The molecule has 1 aliphatic carbocycles. The maximum Gasteiger partial charge on any atom is 0.180 e. The van der Waals surface area contributed by atoms with Crippen LogP contribution in [0.5, 0.6) is 0 Å². The van der Waals surface area contributed by atoms with Crippen molar-refractivity contribution in [2.45, 2.75) is 31.6 Å². The Morgan fingerprint density at radius 1 is 1.35 bits per heavy atom. The lowest BCUT2D eigenvalue weighted by molar-refractivity contribution is 0.306. The minimum atomic E-state index is 0.461. The van der Waals surface area contributed by atoms with E-state index in [1.165, 1.54) is 32.0 Å². The summed E-state index contributed by atoms with van der Waals surface area (Å²) in [6, 6.07) is 0. The minimum absolute atomic E-state index is 0.461. The van der Waals surface area contributed by atoms with Gasteiger partial charge in [0.05, 0.1) is 6.20 Å². The summed E-state index contributed by atoms with van der Waals surface area (Å²) >= 11 is 0. The van der Waals surface area contributed by atoms with Gasteiger partial charge in [-0.15, -0.1) is 0 Å². The van der Waals surface area contributed by atoms with E-state index >= 15 is 0 Å². The normalized spacial score (nSPS) is 25.2. The first-order chi connectivity index (χ1) is 8.38. The summed E-state index contributed by atoms with van der Waals surface area (Å²) in [5, 5.41) is 0. The van der Waals surface area contributed by atoms with Crippen LogP contribution in [0.2, 0.25) is 0 Å². The summed E-state index contributed by atoms with van der Waals surface area (Å²) in [7, 11) is 0. The van der Waals surface area contributed by atoms with Gasteiger partial charge in [0, 0.05) is 5.92 Å². The van der Waals surface area contributed by atoms with E-state index in [9.17, 15) is 0 Å². The molecule has 0 radical (unpaired) electrons. The average Bonchev–Trinajstić information content (AvgIpc) is 2.82. The van der Waals surface area contributed by atoms with Crippen LogP contribution in [-0.4, -0.2) is 26.5 Å². The number of nitrogens with zero attached hydrogens (tertiary/aromatic N) is 3. The number of aromatic nitrogens is 4. The Morgan fingerprint density at radius 2 is 2.24 bits per heavy atom. The lowest BCUT2D eigenvalue weighted by atomic mass is 9.79. The summed E-state index contributed by atoms with van der Waals surface area (Å²) in [6.07, 6.45) is 8.26. The predicted octanol–water partition coefficient (Wildman–Crippen LogP) is 1.59. The van der Waals surface area contributed by atoms with Crippen LogP contribution in [-0.2, 0) is 0 Å². The SMILES string of the molecule is NCC1CCCCC1c1nc2ncncc2[nH]1. The Morgan fingerprint density at radius 3 is 3.06 bits per heavy atom. The van der Waals surface area contributed by atoms with Crippen LogP contribution in [0.3, 0.4) is 0 Å². The van der Waals surface area contributed by atoms with E-state index in [0.29, 0.717) is 11.8 Å². The highest BCUT2D eigenvalue weighted by Crippen LogP contribution is 2.36. The number of hydrogen-bond donors (Lipinski definition) is 2. The van der Waals surface area contributed by atoms with Crippen molar-refractivity contribution in [3.8, 4) is 0 Å². The molecule has 1 saturated carbocycles. The van der Waals surface area contributed by atoms with Crippen molar-refractivity contribution in [3.63, 3.8) is 0 Å². The Kier molecular flexibility index (Phi) is 2.76. The second kappa shape index (κ2) is 4.41. The van der Waals surface area contributed by atoms with Gasteiger partial charge >= 0.3 is 0 Å². The van der Waals surface area contributed by atoms with Crippen molar-refractivity contribution >= 4 is 11.2 Å². The summed E-state index contributed by atoms with van der Waals surface area (Å²) in [5.74, 6) is 2.05. The number of rotatable bonds is 2. The number of nitrogens with one attached hydrogen (secondary N) is 1. The number of hydrogen-bond acceptors (Lipinski definition) is 4. The Labute approximate surface area is 99.9 Å². The molecule has 2 heterocycles. The van der Waals surface area contributed by atoms with Crippen LogP contribution in [0.1, 0.15) is 37.4 Å². The quantitative estimate of drug-likeness (QED) is 0.822. The summed E-state index contributed by atoms with van der Waals surface area (Å²) in [4.78, 5) is 16.1. The fourth-order valence-electron chi connectivity index (χ4n) is 2.81. The Hall–Kier alpha value is -1.49. The number of fused-ring (bicyclic) bond motifs is 1. The zero-order chi connectivity index (χ0) is 11.7. The van der Waals surface area contributed by atoms with Crippen molar-refractivity contribution in [1.82, 2.24) is 19.9 Å². The summed E-state index contributed by atoms with van der Waals surface area (Å²) in [6.45, 7) is 0.743. The standard InChI is InChI=1S/C12H17N5/c13-5-8-3-1-2-4-9(8)11-16-10-6-14-7-15-12(10)17-11/h6-9H,1-5,13H2,(H,14,15,16,17). The Balaban J connectivity index is 1.96. The first kappa shape index (κ1) is 10.7. The molecule has 1 fully saturated rings. The number of H-pyrrole nitrogens is 1. The van der Waals surface area contributed by atoms with Crippen LogP contribution in [0.25, 0.3) is 11.2 Å². The van der Waals surface area contributed by atoms with E-state index < -0.39 is 0 Å². The fourth-order valence-corrected chi connectivity index (χ4v) is 2.81. The van der Waals surface area contributed by atoms with E-state index in [-0.39, 0.29) is 0 Å². The molecule has 2 unspecified atom stereocenters. The Bertz CT molecular complexity index is 473. The van der Waals surface area contributed by atoms with E-state index in [2.05, 4.69) is 19.9 Å². The molecular formula is C12H17N5. The largest absolute Gasteiger partial charge is 0.339 e. The van der Waals surface area contributed by atoms with Gasteiger partial charge in [0.15, 0.2) is 5.65 Å². The molecule has 90 valence electrons. The van der Waals surface area contributed by atoms with Crippen LogP contribution < -0.4 is 5.73 Å². The molecule has 5 heteroatoms. The van der Waals surface area contributed by atoms with Crippen molar-refractivity contribution < 1.29 is 0 Å². The smallest absolute Gasteiger partial charge is 0.180 e. The number of nitrogens with two attached hydrogens (primary N) is 1. The maximum absolute atomic E-state index is 5.86. The number of aromatic amines is 1. The summed E-state index contributed by atoms with van der Waals surface area (Å²) < 4.78 is 0. The van der Waals surface area contributed by atoms with Gasteiger partial charge in [-0.25, -0.2) is 15.0 Å². The van der Waals surface area contributed by atoms with E-state index in [4.69, 9.17) is 5.73 Å². The monoisotopic (exact) mass is 231 g/mol. The maximum atomic E-state index is 5.86. The molecule has 0 saturated heterocycles. The lowest BCUT2D eigenvalue weighted by Crippen LogP contribution is -2.25. The third-order valence-electron chi connectivity index (χ3n) is 3.74. The van der Waals surface area contributed by atoms with Gasteiger partial charge in [-0.3, -0.25) is 0 Å². The third kappa shape index (κ3) is 1.91. The average molecular weight is 231 g/mol. The van der Waals surface area contributed by atoms with Gasteiger partial charge in [-0.05, 0) is 25.3 Å². The third-order valence-corrected chi connectivity index (χ3v) is 3.74. The fraction of sp³-hybridized carbons (Fsp3) is 0.583. The molecule has 0 aromatic carbocycles. The molecule has 1 aliphatic rings. The molecule has 0 amide bonds. The van der Waals surface area contributed by atoms with Crippen LogP contribution in [0, 0.1) is 5.92 Å². The van der Waals surface area contributed by atoms with Gasteiger partial charge in [-0.2, -0.15) is 0 Å². The zero-order valence-corrected chi connectivity index (χ0v) is 9.76. The van der Waals surface area contributed by atoms with Crippen LogP contribution in [0.15, 0.2) is 12.5 Å². The van der Waals surface area contributed by atoms with E-state index in [1.807, 2.05) is 0 Å². The van der Waals surface area contributed by atoms with Crippen LogP contribution >= 0.6 is 0 Å². The van der Waals surface area contributed by atoms with Crippen molar-refractivity contribution in [3.05, 3.63) is 18.3 Å². The van der Waals surface area contributed by atoms with Gasteiger partial charge in [0.25, 0.3) is 0 Å². The van der Waals surface area contributed by atoms with Crippen LogP contribution in [0.4, 0.5) is 0 Å². The first-order valence-electron chi connectivity index (χ1n) is 6.24. The molecular weight excluding hydrogens is 214 g/mol.